The summed E-state index contributed by atoms with van der Waals surface area (Å²) in [6.45, 7) is 1.18. The first kappa shape index (κ1) is 13.5. The Morgan fingerprint density at radius 1 is 1.29 bits per heavy atom. The molecular formula is C14H20NO2+. The molecule has 0 radical (unpaired) electrons. The van der Waals surface area contributed by atoms with E-state index in [1.54, 1.807) is 0 Å². The Morgan fingerprint density at radius 2 is 1.94 bits per heavy atom. The zero-order valence-electron chi connectivity index (χ0n) is 10.7. The quantitative estimate of drug-likeness (QED) is 0.575. The molecule has 0 aliphatic heterocycles. The summed E-state index contributed by atoms with van der Waals surface area (Å²) in [5.41, 5.74) is 1.17. The molecule has 92 valence electrons. The van der Waals surface area contributed by atoms with Crippen LogP contribution in [0, 0.1) is 0 Å². The highest BCUT2D eigenvalue weighted by Gasteiger charge is 2.18. The second kappa shape index (κ2) is 6.21. The third kappa shape index (κ3) is 5.31. The van der Waals surface area contributed by atoms with Crippen LogP contribution in [0.2, 0.25) is 0 Å². The second-order valence-corrected chi connectivity index (χ2v) is 4.67. The van der Waals surface area contributed by atoms with Gasteiger partial charge in [0.2, 0.25) is 0 Å². The molecule has 0 unspecified atom stereocenters. The minimum absolute atomic E-state index is 0.178. The van der Waals surface area contributed by atoms with E-state index in [2.05, 4.69) is 29.0 Å². The van der Waals surface area contributed by atoms with Crippen molar-refractivity contribution < 1.29 is 14.0 Å². The molecule has 1 aromatic rings. The number of quaternary nitrogens is 1. The van der Waals surface area contributed by atoms with Gasteiger partial charge in [-0.1, -0.05) is 36.4 Å². The summed E-state index contributed by atoms with van der Waals surface area (Å²) in [6.07, 6.45) is 4.15. The zero-order chi connectivity index (χ0) is 12.7. The lowest BCUT2D eigenvalue weighted by molar-refractivity contribution is -0.877. The van der Waals surface area contributed by atoms with Crippen LogP contribution in [0.25, 0.3) is 6.08 Å². The highest BCUT2D eigenvalue weighted by atomic mass is 16.5. The molecule has 0 spiro atoms. The van der Waals surface area contributed by atoms with Gasteiger partial charge in [-0.25, -0.2) is 4.79 Å². The molecule has 0 atom stereocenters. The van der Waals surface area contributed by atoms with Crippen LogP contribution < -0.4 is 0 Å². The topological polar surface area (TPSA) is 26.3 Å². The molecule has 0 saturated heterocycles. The van der Waals surface area contributed by atoms with E-state index in [0.717, 1.165) is 6.54 Å². The van der Waals surface area contributed by atoms with Gasteiger partial charge in [0.1, 0.15) is 0 Å². The number of esters is 1. The Hall–Kier alpha value is -1.61. The predicted octanol–water partition coefficient (Wildman–Crippen LogP) is 1.95. The van der Waals surface area contributed by atoms with Gasteiger partial charge in [-0.3, -0.25) is 0 Å². The van der Waals surface area contributed by atoms with E-state index >= 15 is 0 Å². The molecule has 0 fully saturated rings. The van der Waals surface area contributed by atoms with Crippen LogP contribution in [0.4, 0.5) is 0 Å². The number of hydrogen-bond donors (Lipinski definition) is 0. The number of hydrogen-bond acceptors (Lipinski definition) is 2. The molecule has 0 saturated carbocycles. The molecule has 17 heavy (non-hydrogen) atoms. The van der Waals surface area contributed by atoms with Crippen LogP contribution in [0.3, 0.4) is 0 Å². The molecule has 3 nitrogen and oxygen atoms in total. The molecule has 0 aromatic heterocycles. The summed E-state index contributed by atoms with van der Waals surface area (Å²) in [4.78, 5) is 11.2. The highest BCUT2D eigenvalue weighted by Crippen LogP contribution is 2.03. The molecule has 1 rings (SSSR count). The van der Waals surface area contributed by atoms with Gasteiger partial charge in [-0.05, 0) is 11.6 Å². The first-order chi connectivity index (χ1) is 8.03. The lowest BCUT2D eigenvalue weighted by Gasteiger charge is -2.26. The number of likely N-dealkylation sites (N-methyl/N-ethyl adjacent to an activating group) is 1. The van der Waals surface area contributed by atoms with Crippen molar-refractivity contribution in [3.63, 3.8) is 0 Å². The summed E-state index contributed by atoms with van der Waals surface area (Å²) < 4.78 is 5.27. The Morgan fingerprint density at radius 3 is 2.53 bits per heavy atom. The standard InChI is InChI=1S/C14H20NO2/c1-15(2,12-14(16)17-3)11-7-10-13-8-5-4-6-9-13/h4-10H,11-12H2,1-3H3/q+1/b10-7+. The average Bonchev–Trinajstić information content (AvgIpc) is 2.29. The van der Waals surface area contributed by atoms with Gasteiger partial charge in [0, 0.05) is 0 Å². The number of benzene rings is 1. The van der Waals surface area contributed by atoms with Crippen molar-refractivity contribution in [3.8, 4) is 0 Å². The van der Waals surface area contributed by atoms with Gasteiger partial charge in [-0.15, -0.1) is 0 Å². The van der Waals surface area contributed by atoms with E-state index in [0.29, 0.717) is 11.0 Å². The normalized spacial score (nSPS) is 11.7. The largest absolute Gasteiger partial charge is 0.465 e. The number of carbonyl (C=O) groups excluding carboxylic acids is 1. The zero-order valence-corrected chi connectivity index (χ0v) is 10.7. The van der Waals surface area contributed by atoms with E-state index in [1.165, 1.54) is 12.7 Å². The van der Waals surface area contributed by atoms with E-state index < -0.39 is 0 Å². The van der Waals surface area contributed by atoms with Gasteiger partial charge in [-0.2, -0.15) is 0 Å². The SMILES string of the molecule is COC(=O)C[N+](C)(C)C/C=C/c1ccccc1. The van der Waals surface area contributed by atoms with Crippen molar-refractivity contribution in [2.75, 3.05) is 34.3 Å². The molecule has 1 aromatic carbocycles. The molecular weight excluding hydrogens is 214 g/mol. The minimum atomic E-state index is -0.178. The van der Waals surface area contributed by atoms with Crippen molar-refractivity contribution in [3.05, 3.63) is 42.0 Å². The fraction of sp³-hybridized carbons (Fsp3) is 0.357. The van der Waals surface area contributed by atoms with Crippen molar-refractivity contribution in [2.24, 2.45) is 0 Å². The summed E-state index contributed by atoms with van der Waals surface area (Å²) >= 11 is 0. The molecule has 0 N–H and O–H groups in total. The van der Waals surface area contributed by atoms with Crippen LogP contribution in [-0.4, -0.2) is 44.7 Å². The first-order valence-electron chi connectivity index (χ1n) is 5.64. The van der Waals surface area contributed by atoms with E-state index in [-0.39, 0.29) is 5.97 Å². The highest BCUT2D eigenvalue weighted by molar-refractivity contribution is 5.70. The summed E-state index contributed by atoms with van der Waals surface area (Å²) in [5.74, 6) is -0.178. The average molecular weight is 234 g/mol. The molecule has 0 bridgehead atoms. The van der Waals surface area contributed by atoms with Gasteiger partial charge >= 0.3 is 5.97 Å². The fourth-order valence-corrected chi connectivity index (χ4v) is 1.52. The maximum absolute atomic E-state index is 11.2. The molecule has 0 amide bonds. The number of nitrogens with zero attached hydrogens (tertiary/aromatic N) is 1. The summed E-state index contributed by atoms with van der Waals surface area (Å²) in [7, 11) is 5.43. The van der Waals surface area contributed by atoms with E-state index in [9.17, 15) is 4.79 Å². The van der Waals surface area contributed by atoms with Gasteiger partial charge in [0.25, 0.3) is 0 Å². The predicted molar refractivity (Wildman–Crippen MR) is 69.3 cm³/mol. The van der Waals surface area contributed by atoms with Crippen LogP contribution in [0.5, 0.6) is 0 Å². The van der Waals surface area contributed by atoms with Crippen LogP contribution >= 0.6 is 0 Å². The lowest BCUT2D eigenvalue weighted by atomic mass is 10.2. The van der Waals surface area contributed by atoms with Crippen LogP contribution in [0.15, 0.2) is 36.4 Å². The van der Waals surface area contributed by atoms with E-state index in [4.69, 9.17) is 0 Å². The number of ether oxygens (including phenoxy) is 1. The Kier molecular flexibility index (Phi) is 4.91. The number of carbonyl (C=O) groups is 1. The smallest absolute Gasteiger partial charge is 0.361 e. The molecule has 3 heteroatoms. The number of methoxy groups -OCH3 is 1. The van der Waals surface area contributed by atoms with Crippen molar-refractivity contribution >= 4 is 12.0 Å². The van der Waals surface area contributed by atoms with Crippen LogP contribution in [0.1, 0.15) is 5.56 Å². The molecule has 0 aliphatic rings. The molecule has 0 heterocycles. The van der Waals surface area contributed by atoms with Crippen molar-refractivity contribution in [1.29, 1.82) is 0 Å². The van der Waals surface area contributed by atoms with Crippen LogP contribution in [-0.2, 0) is 9.53 Å². The summed E-state index contributed by atoms with van der Waals surface area (Å²) in [6, 6.07) is 10.1. The molecule has 0 aliphatic carbocycles. The Bertz CT molecular complexity index is 382. The van der Waals surface area contributed by atoms with Gasteiger partial charge < -0.3 is 9.22 Å². The number of rotatable bonds is 5. The maximum Gasteiger partial charge on any atom is 0.361 e. The van der Waals surface area contributed by atoms with E-state index in [1.807, 2.05) is 32.3 Å². The summed E-state index contributed by atoms with van der Waals surface area (Å²) in [5, 5.41) is 0. The van der Waals surface area contributed by atoms with Gasteiger partial charge in [0.05, 0.1) is 27.7 Å². The van der Waals surface area contributed by atoms with Crippen molar-refractivity contribution in [2.45, 2.75) is 0 Å². The van der Waals surface area contributed by atoms with Gasteiger partial charge in [0.15, 0.2) is 6.54 Å². The maximum atomic E-state index is 11.2. The second-order valence-electron chi connectivity index (χ2n) is 4.67. The monoisotopic (exact) mass is 234 g/mol. The first-order valence-corrected chi connectivity index (χ1v) is 5.64. The fourth-order valence-electron chi connectivity index (χ4n) is 1.52. The minimum Gasteiger partial charge on any atom is -0.465 e. The Labute approximate surface area is 103 Å². The Balaban J connectivity index is 2.49. The van der Waals surface area contributed by atoms with Crippen molar-refractivity contribution in [1.82, 2.24) is 0 Å². The lowest BCUT2D eigenvalue weighted by Crippen LogP contribution is -2.44. The third-order valence-corrected chi connectivity index (χ3v) is 2.49. The third-order valence-electron chi connectivity index (χ3n) is 2.49.